The molecule has 2 bridgehead atoms. The molecule has 1 N–H and O–H groups in total. The Bertz CT molecular complexity index is 510. The van der Waals surface area contributed by atoms with E-state index in [9.17, 15) is 4.79 Å². The lowest BCUT2D eigenvalue weighted by atomic mass is 9.90. The molecule has 0 radical (unpaired) electrons. The average Bonchev–Trinajstić information content (AvgIpc) is 3.10. The van der Waals surface area contributed by atoms with Gasteiger partial charge >= 0.3 is 0 Å². The SMILES string of the molecule is COc1ccc(C(=O)NN=CC2CC3CCC2C3)cc1. The highest BCUT2D eigenvalue weighted by atomic mass is 16.5. The number of nitrogens with one attached hydrogen (secondary N) is 1. The predicted molar refractivity (Wildman–Crippen MR) is 77.9 cm³/mol. The van der Waals surface area contributed by atoms with Crippen LogP contribution in [0.25, 0.3) is 0 Å². The number of hydrogen-bond donors (Lipinski definition) is 1. The van der Waals surface area contributed by atoms with Gasteiger partial charge in [-0.3, -0.25) is 4.79 Å². The van der Waals surface area contributed by atoms with Crippen molar-refractivity contribution in [3.05, 3.63) is 29.8 Å². The van der Waals surface area contributed by atoms with Crippen LogP contribution in [0, 0.1) is 17.8 Å². The van der Waals surface area contributed by atoms with Crippen molar-refractivity contribution in [2.45, 2.75) is 25.7 Å². The Morgan fingerprint density at radius 1 is 1.30 bits per heavy atom. The Balaban J connectivity index is 1.53. The van der Waals surface area contributed by atoms with Crippen molar-refractivity contribution < 1.29 is 9.53 Å². The summed E-state index contributed by atoms with van der Waals surface area (Å²) in [6.07, 6.45) is 7.24. The number of rotatable bonds is 4. The first-order valence-corrected chi connectivity index (χ1v) is 7.24. The first-order chi connectivity index (χ1) is 9.76. The van der Waals surface area contributed by atoms with E-state index in [4.69, 9.17) is 4.74 Å². The molecule has 2 aliphatic rings. The number of hydrazone groups is 1. The van der Waals surface area contributed by atoms with Crippen molar-refractivity contribution >= 4 is 12.1 Å². The van der Waals surface area contributed by atoms with Crippen LogP contribution in [0.3, 0.4) is 0 Å². The van der Waals surface area contributed by atoms with Crippen molar-refractivity contribution in [1.29, 1.82) is 0 Å². The van der Waals surface area contributed by atoms with Gasteiger partial charge in [0.15, 0.2) is 0 Å². The van der Waals surface area contributed by atoms with Gasteiger partial charge in [0.25, 0.3) is 5.91 Å². The second-order valence-corrected chi connectivity index (χ2v) is 5.79. The number of benzene rings is 1. The Morgan fingerprint density at radius 2 is 2.10 bits per heavy atom. The molecule has 1 aromatic rings. The van der Waals surface area contributed by atoms with E-state index >= 15 is 0 Å². The fourth-order valence-corrected chi connectivity index (χ4v) is 3.48. The molecule has 0 saturated heterocycles. The van der Waals surface area contributed by atoms with Crippen LogP contribution in [-0.2, 0) is 0 Å². The first-order valence-electron chi connectivity index (χ1n) is 7.24. The third-order valence-corrected chi connectivity index (χ3v) is 4.58. The minimum Gasteiger partial charge on any atom is -0.497 e. The summed E-state index contributed by atoms with van der Waals surface area (Å²) in [4.78, 5) is 11.9. The maximum Gasteiger partial charge on any atom is 0.271 e. The maximum atomic E-state index is 11.9. The smallest absolute Gasteiger partial charge is 0.271 e. The zero-order valence-electron chi connectivity index (χ0n) is 11.7. The molecule has 4 nitrogen and oxygen atoms in total. The van der Waals surface area contributed by atoms with Crippen LogP contribution in [0.5, 0.6) is 5.75 Å². The molecule has 3 unspecified atom stereocenters. The Morgan fingerprint density at radius 3 is 2.70 bits per heavy atom. The van der Waals surface area contributed by atoms with Crippen molar-refractivity contribution in [3.63, 3.8) is 0 Å². The number of amides is 1. The number of ether oxygens (including phenoxy) is 1. The summed E-state index contributed by atoms with van der Waals surface area (Å²) in [6.45, 7) is 0. The van der Waals surface area contributed by atoms with Gasteiger partial charge in [-0.25, -0.2) is 5.43 Å². The van der Waals surface area contributed by atoms with E-state index in [0.29, 0.717) is 11.5 Å². The monoisotopic (exact) mass is 272 g/mol. The van der Waals surface area contributed by atoms with Crippen LogP contribution in [0.2, 0.25) is 0 Å². The summed E-state index contributed by atoms with van der Waals surface area (Å²) >= 11 is 0. The summed E-state index contributed by atoms with van der Waals surface area (Å²) in [5.41, 5.74) is 3.21. The molecule has 2 aliphatic carbocycles. The van der Waals surface area contributed by atoms with Gasteiger partial charge in [-0.15, -0.1) is 0 Å². The predicted octanol–water partition coefficient (Wildman–Crippen LogP) is 2.85. The third kappa shape index (κ3) is 2.69. The topological polar surface area (TPSA) is 50.7 Å². The van der Waals surface area contributed by atoms with Crippen LogP contribution < -0.4 is 10.2 Å². The number of carbonyl (C=O) groups excluding carboxylic acids is 1. The molecular formula is C16H20N2O2. The summed E-state index contributed by atoms with van der Waals surface area (Å²) in [6, 6.07) is 7.02. The van der Waals surface area contributed by atoms with E-state index in [1.54, 1.807) is 31.4 Å². The van der Waals surface area contributed by atoms with Gasteiger partial charge in [0.05, 0.1) is 7.11 Å². The maximum absolute atomic E-state index is 11.9. The van der Waals surface area contributed by atoms with E-state index in [2.05, 4.69) is 10.5 Å². The number of carbonyl (C=O) groups is 1. The molecule has 106 valence electrons. The van der Waals surface area contributed by atoms with Gasteiger partial charge in [-0.2, -0.15) is 5.10 Å². The molecule has 20 heavy (non-hydrogen) atoms. The van der Waals surface area contributed by atoms with Gasteiger partial charge in [0.1, 0.15) is 5.75 Å². The van der Waals surface area contributed by atoms with E-state index in [1.165, 1.54) is 25.7 Å². The lowest BCUT2D eigenvalue weighted by molar-refractivity contribution is 0.0955. The standard InChI is InChI=1S/C16H20N2O2/c1-20-15-6-4-12(5-7-15)16(19)18-17-10-14-9-11-2-3-13(14)8-11/h4-7,10-11,13-14H,2-3,8-9H2,1H3,(H,18,19). The zero-order chi connectivity index (χ0) is 13.9. The number of hydrogen-bond acceptors (Lipinski definition) is 3. The van der Waals surface area contributed by atoms with E-state index in [1.807, 2.05) is 6.21 Å². The van der Waals surface area contributed by atoms with Gasteiger partial charge in [0.2, 0.25) is 0 Å². The zero-order valence-corrected chi connectivity index (χ0v) is 11.7. The lowest BCUT2D eigenvalue weighted by Gasteiger charge is -2.16. The number of fused-ring (bicyclic) bond motifs is 2. The van der Waals surface area contributed by atoms with Crippen molar-refractivity contribution in [3.8, 4) is 5.75 Å². The Labute approximate surface area is 119 Å². The van der Waals surface area contributed by atoms with Gasteiger partial charge in [0, 0.05) is 11.8 Å². The molecule has 2 saturated carbocycles. The Kier molecular flexibility index (Phi) is 3.72. The summed E-state index contributed by atoms with van der Waals surface area (Å²) in [5.74, 6) is 2.82. The van der Waals surface area contributed by atoms with Gasteiger partial charge < -0.3 is 4.74 Å². The highest BCUT2D eigenvalue weighted by molar-refractivity contribution is 5.94. The highest BCUT2D eigenvalue weighted by Crippen LogP contribution is 2.47. The van der Waals surface area contributed by atoms with E-state index < -0.39 is 0 Å². The van der Waals surface area contributed by atoms with E-state index in [0.717, 1.165) is 17.6 Å². The van der Waals surface area contributed by atoms with Crippen LogP contribution in [0.15, 0.2) is 29.4 Å². The van der Waals surface area contributed by atoms with Crippen LogP contribution in [0.1, 0.15) is 36.0 Å². The molecule has 0 spiro atoms. The average molecular weight is 272 g/mol. The minimum atomic E-state index is -0.174. The van der Waals surface area contributed by atoms with Crippen LogP contribution in [0.4, 0.5) is 0 Å². The van der Waals surface area contributed by atoms with Crippen molar-refractivity contribution in [2.75, 3.05) is 7.11 Å². The third-order valence-electron chi connectivity index (χ3n) is 4.58. The normalized spacial score (nSPS) is 27.9. The quantitative estimate of drug-likeness (QED) is 0.677. The molecule has 3 rings (SSSR count). The molecular weight excluding hydrogens is 252 g/mol. The first kappa shape index (κ1) is 13.2. The molecule has 0 heterocycles. The molecule has 3 atom stereocenters. The summed E-state index contributed by atoms with van der Waals surface area (Å²) < 4.78 is 5.06. The van der Waals surface area contributed by atoms with Crippen LogP contribution >= 0.6 is 0 Å². The number of methoxy groups -OCH3 is 1. The Hall–Kier alpha value is -1.84. The largest absolute Gasteiger partial charge is 0.497 e. The van der Waals surface area contributed by atoms with Gasteiger partial charge in [-0.1, -0.05) is 6.42 Å². The number of nitrogens with zero attached hydrogens (tertiary/aromatic N) is 1. The van der Waals surface area contributed by atoms with E-state index in [-0.39, 0.29) is 5.91 Å². The molecule has 0 aromatic heterocycles. The summed E-state index contributed by atoms with van der Waals surface area (Å²) in [7, 11) is 1.61. The molecule has 1 amide bonds. The molecule has 4 heteroatoms. The fraction of sp³-hybridized carbons (Fsp3) is 0.500. The minimum absolute atomic E-state index is 0.174. The van der Waals surface area contributed by atoms with Crippen molar-refractivity contribution in [1.82, 2.24) is 5.43 Å². The molecule has 0 aliphatic heterocycles. The van der Waals surface area contributed by atoms with Crippen LogP contribution in [-0.4, -0.2) is 19.2 Å². The second-order valence-electron chi connectivity index (χ2n) is 5.79. The highest BCUT2D eigenvalue weighted by Gasteiger charge is 2.38. The summed E-state index contributed by atoms with van der Waals surface area (Å²) in [5, 5.41) is 4.14. The second kappa shape index (κ2) is 5.65. The fourth-order valence-electron chi connectivity index (χ4n) is 3.48. The molecule has 1 aromatic carbocycles. The van der Waals surface area contributed by atoms with Crippen molar-refractivity contribution in [2.24, 2.45) is 22.9 Å². The molecule has 2 fully saturated rings. The lowest BCUT2D eigenvalue weighted by Crippen LogP contribution is -2.20. The van der Waals surface area contributed by atoms with Gasteiger partial charge in [-0.05, 0) is 61.3 Å².